The highest BCUT2D eigenvalue weighted by Gasteiger charge is 2.30. The van der Waals surface area contributed by atoms with E-state index >= 15 is 8.78 Å². The molecule has 5 rings (SSSR count). The summed E-state index contributed by atoms with van der Waals surface area (Å²) in [5.74, 6) is -5.01. The molecule has 0 saturated carbocycles. The van der Waals surface area contributed by atoms with Gasteiger partial charge in [0.25, 0.3) is 5.91 Å². The van der Waals surface area contributed by atoms with Gasteiger partial charge in [-0.1, -0.05) is 23.5 Å². The number of para-hydroxylation sites is 1. The van der Waals surface area contributed by atoms with E-state index in [1.807, 2.05) is 35.2 Å². The van der Waals surface area contributed by atoms with Crippen LogP contribution < -0.4 is 10.2 Å². The molecular weight excluding hydrogens is 613 g/mol. The quantitative estimate of drug-likeness (QED) is 0.267. The van der Waals surface area contributed by atoms with E-state index in [9.17, 15) is 14.7 Å². The fourth-order valence-electron chi connectivity index (χ4n) is 4.24. The van der Waals surface area contributed by atoms with E-state index in [0.717, 1.165) is 30.5 Å². The lowest BCUT2D eigenvalue weighted by Crippen LogP contribution is -2.49. The molecule has 1 saturated heterocycles. The number of aryl methyl sites for hydroxylation is 1. The highest BCUT2D eigenvalue weighted by atomic mass is 127. The molecule has 0 unspecified atom stereocenters. The second kappa shape index (κ2) is 10.2. The van der Waals surface area contributed by atoms with Crippen molar-refractivity contribution in [2.75, 3.05) is 36.4 Å². The Morgan fingerprint density at radius 1 is 1.03 bits per heavy atom. The van der Waals surface area contributed by atoms with Gasteiger partial charge in [-0.3, -0.25) is 4.79 Å². The van der Waals surface area contributed by atoms with Crippen LogP contribution in [0.4, 0.5) is 25.3 Å². The topological polar surface area (TPSA) is 85.8 Å². The van der Waals surface area contributed by atoms with E-state index in [4.69, 9.17) is 0 Å². The molecule has 1 aliphatic heterocycles. The van der Waals surface area contributed by atoms with Crippen LogP contribution in [-0.4, -0.2) is 53.0 Å². The second-order valence-electron chi connectivity index (χ2n) is 8.61. The summed E-state index contributed by atoms with van der Waals surface area (Å²) in [5, 5.41) is 13.3. The van der Waals surface area contributed by atoms with Crippen molar-refractivity contribution in [1.29, 1.82) is 0 Å². The molecular formula is C26H21F2IN4O3S. The summed E-state index contributed by atoms with van der Waals surface area (Å²) in [4.78, 5) is 33.2. The number of benzene rings is 3. The Kier molecular flexibility index (Phi) is 6.99. The van der Waals surface area contributed by atoms with Crippen LogP contribution in [0.25, 0.3) is 10.2 Å². The molecule has 0 spiro atoms. The number of carboxylic acid groups (broad SMARTS) is 1. The number of aromatic carboxylic acids is 1. The predicted molar refractivity (Wildman–Crippen MR) is 148 cm³/mol. The summed E-state index contributed by atoms with van der Waals surface area (Å²) in [6.07, 6.45) is 0. The molecule has 0 radical (unpaired) electrons. The van der Waals surface area contributed by atoms with Crippen molar-refractivity contribution in [2.45, 2.75) is 6.92 Å². The number of nitrogens with one attached hydrogen (secondary N) is 1. The SMILES string of the molecule is Cc1cc(I)ccc1Nc1c(C(=O)O)cc(C(=O)N2CCN(c3nc4ccccc4s3)CC2)c(F)c1F. The molecule has 3 aromatic carbocycles. The molecule has 11 heteroatoms. The predicted octanol–water partition coefficient (Wildman–Crippen LogP) is 5.89. The Labute approximate surface area is 228 Å². The Morgan fingerprint density at radius 2 is 1.76 bits per heavy atom. The Balaban J connectivity index is 1.38. The minimum Gasteiger partial charge on any atom is -0.478 e. The third kappa shape index (κ3) is 4.97. The molecule has 1 aliphatic rings. The minimum absolute atomic E-state index is 0.264. The maximum absolute atomic E-state index is 15.2. The molecule has 1 fully saturated rings. The van der Waals surface area contributed by atoms with Gasteiger partial charge in [-0.25, -0.2) is 18.6 Å². The van der Waals surface area contributed by atoms with Crippen LogP contribution in [0.3, 0.4) is 0 Å². The van der Waals surface area contributed by atoms with Gasteiger partial charge in [0.05, 0.1) is 27.0 Å². The van der Waals surface area contributed by atoms with E-state index < -0.39 is 40.3 Å². The third-order valence-electron chi connectivity index (χ3n) is 6.24. The van der Waals surface area contributed by atoms with Gasteiger partial charge in [0.1, 0.15) is 0 Å². The van der Waals surface area contributed by atoms with Crippen LogP contribution in [0.2, 0.25) is 0 Å². The van der Waals surface area contributed by atoms with Gasteiger partial charge < -0.3 is 20.2 Å². The highest BCUT2D eigenvalue weighted by Crippen LogP contribution is 2.32. The Morgan fingerprint density at radius 3 is 2.43 bits per heavy atom. The lowest BCUT2D eigenvalue weighted by Gasteiger charge is -2.34. The Hall–Kier alpha value is -3.32. The summed E-state index contributed by atoms with van der Waals surface area (Å²) < 4.78 is 32.4. The maximum Gasteiger partial charge on any atom is 0.337 e. The van der Waals surface area contributed by atoms with Crippen LogP contribution in [-0.2, 0) is 0 Å². The van der Waals surface area contributed by atoms with Crippen LogP contribution in [0, 0.1) is 22.1 Å². The number of carbonyl (C=O) groups excluding carboxylic acids is 1. The fourth-order valence-corrected chi connectivity index (χ4v) is 5.91. The number of amides is 1. The zero-order chi connectivity index (χ0) is 26.3. The zero-order valence-corrected chi connectivity index (χ0v) is 22.6. The van der Waals surface area contributed by atoms with Gasteiger partial charge in [-0.15, -0.1) is 0 Å². The average molecular weight is 634 g/mol. The molecule has 1 aromatic heterocycles. The number of carboxylic acids is 1. The monoisotopic (exact) mass is 634 g/mol. The maximum atomic E-state index is 15.2. The first-order chi connectivity index (χ1) is 17.7. The fraction of sp³-hybridized carbons (Fsp3) is 0.192. The molecule has 190 valence electrons. The standard InChI is InChI=1S/C26H21F2IN4O3S/c1-14-12-15(29)6-7-18(14)30-23-17(25(35)36)13-16(21(27)22(23)28)24(34)32-8-10-33(11-9-32)26-31-19-4-2-3-5-20(19)37-26/h2-7,12-13,30H,8-11H2,1H3,(H,35,36). The van der Waals surface area contributed by atoms with Crippen LogP contribution >= 0.6 is 33.9 Å². The largest absolute Gasteiger partial charge is 0.478 e. The molecule has 2 heterocycles. The molecule has 2 N–H and O–H groups in total. The molecule has 0 aliphatic carbocycles. The second-order valence-corrected chi connectivity index (χ2v) is 10.9. The van der Waals surface area contributed by atoms with E-state index in [1.54, 1.807) is 30.4 Å². The van der Waals surface area contributed by atoms with Crippen molar-refractivity contribution in [2.24, 2.45) is 0 Å². The summed E-state index contributed by atoms with van der Waals surface area (Å²) in [6.45, 7) is 3.23. The molecule has 4 aromatic rings. The Bertz CT molecular complexity index is 1500. The number of hydrogen-bond acceptors (Lipinski definition) is 6. The first-order valence-electron chi connectivity index (χ1n) is 11.4. The van der Waals surface area contributed by atoms with Crippen molar-refractivity contribution in [1.82, 2.24) is 9.88 Å². The molecule has 0 atom stereocenters. The van der Waals surface area contributed by atoms with Crippen molar-refractivity contribution >= 4 is 72.5 Å². The van der Waals surface area contributed by atoms with Crippen molar-refractivity contribution in [3.63, 3.8) is 0 Å². The summed E-state index contributed by atoms with van der Waals surface area (Å²) in [7, 11) is 0. The van der Waals surface area contributed by atoms with Gasteiger partial charge in [-0.05, 0) is 71.5 Å². The van der Waals surface area contributed by atoms with Gasteiger partial charge in [0.15, 0.2) is 16.8 Å². The first kappa shape index (κ1) is 25.3. The number of fused-ring (bicyclic) bond motifs is 1. The molecule has 7 nitrogen and oxygen atoms in total. The summed E-state index contributed by atoms with van der Waals surface area (Å²) in [5.41, 5.74) is 0.419. The molecule has 1 amide bonds. The van der Waals surface area contributed by atoms with Crippen LogP contribution in [0.15, 0.2) is 48.5 Å². The van der Waals surface area contributed by atoms with Gasteiger partial charge >= 0.3 is 5.97 Å². The van der Waals surface area contributed by atoms with Crippen molar-refractivity contribution < 1.29 is 23.5 Å². The van der Waals surface area contributed by atoms with Crippen molar-refractivity contribution in [3.05, 3.63) is 80.4 Å². The zero-order valence-electron chi connectivity index (χ0n) is 19.6. The van der Waals surface area contributed by atoms with Gasteiger partial charge in [0, 0.05) is 35.4 Å². The first-order valence-corrected chi connectivity index (χ1v) is 13.3. The van der Waals surface area contributed by atoms with Gasteiger partial charge in [-0.2, -0.15) is 0 Å². The van der Waals surface area contributed by atoms with E-state index in [1.165, 1.54) is 4.90 Å². The van der Waals surface area contributed by atoms with Crippen LogP contribution in [0.1, 0.15) is 26.3 Å². The smallest absolute Gasteiger partial charge is 0.337 e. The number of piperazine rings is 1. The number of rotatable bonds is 5. The number of aromatic nitrogens is 1. The number of anilines is 3. The van der Waals surface area contributed by atoms with Crippen LogP contribution in [0.5, 0.6) is 0 Å². The van der Waals surface area contributed by atoms with Crippen molar-refractivity contribution in [3.8, 4) is 0 Å². The number of halogens is 3. The number of thiazole rings is 1. The van der Waals surface area contributed by atoms with E-state index in [2.05, 4.69) is 32.9 Å². The summed E-state index contributed by atoms with van der Waals surface area (Å²) >= 11 is 3.67. The number of nitrogens with zero attached hydrogens (tertiary/aromatic N) is 3. The molecule has 37 heavy (non-hydrogen) atoms. The normalized spacial score (nSPS) is 13.7. The van der Waals surface area contributed by atoms with Gasteiger partial charge in [0.2, 0.25) is 0 Å². The lowest BCUT2D eigenvalue weighted by atomic mass is 10.0. The third-order valence-corrected chi connectivity index (χ3v) is 8.00. The van der Waals surface area contributed by atoms with E-state index in [-0.39, 0.29) is 13.1 Å². The lowest BCUT2D eigenvalue weighted by molar-refractivity contribution is 0.0697. The number of hydrogen-bond donors (Lipinski definition) is 2. The summed E-state index contributed by atoms with van der Waals surface area (Å²) in [6, 6.07) is 13.9. The molecule has 0 bridgehead atoms. The van der Waals surface area contributed by atoms with E-state index in [0.29, 0.717) is 18.8 Å². The number of carbonyl (C=O) groups is 2. The average Bonchev–Trinajstić information content (AvgIpc) is 3.32. The highest BCUT2D eigenvalue weighted by molar-refractivity contribution is 14.1. The minimum atomic E-state index is -1.47.